The SMILES string of the molecule is CCC(=O)N/N=C(\C)C1CC1. The number of amides is 1. The van der Waals surface area contributed by atoms with Crippen LogP contribution in [0.2, 0.25) is 0 Å². The molecule has 11 heavy (non-hydrogen) atoms. The minimum atomic E-state index is -0.00926. The highest BCUT2D eigenvalue weighted by atomic mass is 16.2. The molecule has 0 spiro atoms. The summed E-state index contributed by atoms with van der Waals surface area (Å²) in [5, 5.41) is 3.97. The van der Waals surface area contributed by atoms with Gasteiger partial charge in [0.25, 0.3) is 0 Å². The number of hydrogen-bond donors (Lipinski definition) is 1. The van der Waals surface area contributed by atoms with Crippen LogP contribution in [0.4, 0.5) is 0 Å². The Morgan fingerprint density at radius 3 is 2.73 bits per heavy atom. The van der Waals surface area contributed by atoms with E-state index in [4.69, 9.17) is 0 Å². The van der Waals surface area contributed by atoms with Gasteiger partial charge < -0.3 is 0 Å². The number of rotatable bonds is 3. The van der Waals surface area contributed by atoms with E-state index in [0.29, 0.717) is 12.3 Å². The lowest BCUT2D eigenvalue weighted by molar-refractivity contribution is -0.120. The largest absolute Gasteiger partial charge is 0.273 e. The minimum Gasteiger partial charge on any atom is -0.273 e. The van der Waals surface area contributed by atoms with Gasteiger partial charge in [0.1, 0.15) is 0 Å². The fraction of sp³-hybridized carbons (Fsp3) is 0.750. The molecule has 1 aliphatic carbocycles. The Morgan fingerprint density at radius 1 is 1.64 bits per heavy atom. The second-order valence-corrected chi connectivity index (χ2v) is 2.92. The highest BCUT2D eigenvalue weighted by Crippen LogP contribution is 2.30. The van der Waals surface area contributed by atoms with Crippen LogP contribution in [0.1, 0.15) is 33.1 Å². The molecule has 1 amide bonds. The van der Waals surface area contributed by atoms with Gasteiger partial charge in [0, 0.05) is 12.1 Å². The quantitative estimate of drug-likeness (QED) is 0.483. The summed E-state index contributed by atoms with van der Waals surface area (Å²) in [6, 6.07) is 0. The van der Waals surface area contributed by atoms with E-state index in [1.807, 2.05) is 13.8 Å². The van der Waals surface area contributed by atoms with Crippen LogP contribution < -0.4 is 5.43 Å². The maximum Gasteiger partial charge on any atom is 0.239 e. The number of hydrogen-bond acceptors (Lipinski definition) is 2. The summed E-state index contributed by atoms with van der Waals surface area (Å²) in [4.78, 5) is 10.7. The Labute approximate surface area is 66.9 Å². The molecule has 1 rings (SSSR count). The minimum absolute atomic E-state index is 0.00926. The highest BCUT2D eigenvalue weighted by molar-refractivity contribution is 5.87. The normalized spacial score (nSPS) is 18.2. The van der Waals surface area contributed by atoms with Crippen LogP contribution in [0.3, 0.4) is 0 Å². The molecule has 3 nitrogen and oxygen atoms in total. The molecular formula is C8H14N2O. The molecule has 0 aliphatic heterocycles. The Balaban J connectivity index is 2.27. The van der Waals surface area contributed by atoms with Gasteiger partial charge in [-0.3, -0.25) is 4.79 Å². The molecule has 0 aromatic carbocycles. The number of carbonyl (C=O) groups is 1. The summed E-state index contributed by atoms with van der Waals surface area (Å²) in [6.45, 7) is 3.78. The van der Waals surface area contributed by atoms with Crippen LogP contribution in [0.5, 0.6) is 0 Å². The van der Waals surface area contributed by atoms with Crippen LogP contribution in [-0.2, 0) is 4.79 Å². The fourth-order valence-electron chi connectivity index (χ4n) is 0.822. The third-order valence-electron chi connectivity index (χ3n) is 1.85. The van der Waals surface area contributed by atoms with Gasteiger partial charge in [-0.25, -0.2) is 5.43 Å². The zero-order valence-corrected chi connectivity index (χ0v) is 7.05. The Hall–Kier alpha value is -0.860. The number of nitrogens with one attached hydrogen (secondary N) is 1. The summed E-state index contributed by atoms with van der Waals surface area (Å²) < 4.78 is 0. The first kappa shape index (κ1) is 8.24. The van der Waals surface area contributed by atoms with Gasteiger partial charge in [0.05, 0.1) is 0 Å². The van der Waals surface area contributed by atoms with Crippen molar-refractivity contribution in [2.45, 2.75) is 33.1 Å². The van der Waals surface area contributed by atoms with E-state index in [9.17, 15) is 4.79 Å². The summed E-state index contributed by atoms with van der Waals surface area (Å²) >= 11 is 0. The van der Waals surface area contributed by atoms with Crippen LogP contribution in [0, 0.1) is 5.92 Å². The van der Waals surface area contributed by atoms with Gasteiger partial charge in [-0.2, -0.15) is 5.10 Å². The lowest BCUT2D eigenvalue weighted by Crippen LogP contribution is -2.17. The van der Waals surface area contributed by atoms with E-state index < -0.39 is 0 Å². The number of nitrogens with zero attached hydrogens (tertiary/aromatic N) is 1. The standard InChI is InChI=1S/C8H14N2O/c1-3-8(11)10-9-6(2)7-4-5-7/h7H,3-5H2,1-2H3,(H,10,11)/b9-6+. The van der Waals surface area contributed by atoms with Crippen LogP contribution in [0.15, 0.2) is 5.10 Å². The molecule has 0 aromatic heterocycles. The fourth-order valence-corrected chi connectivity index (χ4v) is 0.822. The molecule has 0 atom stereocenters. The summed E-state index contributed by atoms with van der Waals surface area (Å²) in [5.41, 5.74) is 3.56. The topological polar surface area (TPSA) is 41.5 Å². The molecule has 1 fully saturated rings. The Morgan fingerprint density at radius 2 is 2.27 bits per heavy atom. The van der Waals surface area contributed by atoms with Crippen molar-refractivity contribution in [1.29, 1.82) is 0 Å². The molecule has 0 heterocycles. The first-order valence-corrected chi connectivity index (χ1v) is 4.07. The van der Waals surface area contributed by atoms with Gasteiger partial charge >= 0.3 is 0 Å². The summed E-state index contributed by atoms with van der Waals surface area (Å²) in [5.74, 6) is 0.636. The van der Waals surface area contributed by atoms with Gasteiger partial charge in [-0.15, -0.1) is 0 Å². The first-order valence-electron chi connectivity index (χ1n) is 4.07. The van der Waals surface area contributed by atoms with Crippen LogP contribution >= 0.6 is 0 Å². The van der Waals surface area contributed by atoms with E-state index in [0.717, 1.165) is 5.71 Å². The highest BCUT2D eigenvalue weighted by Gasteiger charge is 2.24. The molecule has 0 bridgehead atoms. The molecule has 62 valence electrons. The maximum atomic E-state index is 10.7. The first-order chi connectivity index (χ1) is 5.24. The molecule has 1 N–H and O–H groups in total. The number of carbonyl (C=O) groups excluding carboxylic acids is 1. The van der Waals surface area contributed by atoms with E-state index in [-0.39, 0.29) is 5.91 Å². The smallest absolute Gasteiger partial charge is 0.239 e. The van der Waals surface area contributed by atoms with Crippen molar-refractivity contribution in [1.82, 2.24) is 5.43 Å². The van der Waals surface area contributed by atoms with E-state index in [1.54, 1.807) is 0 Å². The molecule has 1 saturated carbocycles. The third kappa shape index (κ3) is 2.70. The van der Waals surface area contributed by atoms with E-state index >= 15 is 0 Å². The van der Waals surface area contributed by atoms with Crippen molar-refractivity contribution in [3.63, 3.8) is 0 Å². The van der Waals surface area contributed by atoms with Crippen molar-refractivity contribution >= 4 is 11.6 Å². The zero-order chi connectivity index (χ0) is 8.27. The van der Waals surface area contributed by atoms with Crippen molar-refractivity contribution in [3.8, 4) is 0 Å². The van der Waals surface area contributed by atoms with Gasteiger partial charge in [-0.05, 0) is 25.7 Å². The van der Waals surface area contributed by atoms with E-state index in [1.165, 1.54) is 12.8 Å². The molecule has 0 unspecified atom stereocenters. The lowest BCUT2D eigenvalue weighted by atomic mass is 10.3. The Bertz CT molecular complexity index is 183. The van der Waals surface area contributed by atoms with Crippen molar-refractivity contribution < 1.29 is 4.79 Å². The average molecular weight is 154 g/mol. The Kier molecular flexibility index (Phi) is 2.63. The number of hydrazone groups is 1. The van der Waals surface area contributed by atoms with Crippen LogP contribution in [0.25, 0.3) is 0 Å². The third-order valence-corrected chi connectivity index (χ3v) is 1.85. The molecular weight excluding hydrogens is 140 g/mol. The van der Waals surface area contributed by atoms with Crippen LogP contribution in [-0.4, -0.2) is 11.6 Å². The van der Waals surface area contributed by atoms with Crippen molar-refractivity contribution in [2.75, 3.05) is 0 Å². The second-order valence-electron chi connectivity index (χ2n) is 2.92. The van der Waals surface area contributed by atoms with Crippen molar-refractivity contribution in [3.05, 3.63) is 0 Å². The molecule has 0 aromatic rings. The summed E-state index contributed by atoms with van der Waals surface area (Å²) in [7, 11) is 0. The van der Waals surface area contributed by atoms with E-state index in [2.05, 4.69) is 10.5 Å². The molecule has 0 radical (unpaired) electrons. The predicted molar refractivity (Wildman–Crippen MR) is 44.3 cm³/mol. The maximum absolute atomic E-state index is 10.7. The molecule has 1 aliphatic rings. The predicted octanol–water partition coefficient (Wildman–Crippen LogP) is 1.30. The van der Waals surface area contributed by atoms with Gasteiger partial charge in [0.15, 0.2) is 0 Å². The van der Waals surface area contributed by atoms with Gasteiger partial charge in [0.2, 0.25) is 5.91 Å². The zero-order valence-electron chi connectivity index (χ0n) is 7.05. The lowest BCUT2D eigenvalue weighted by Gasteiger charge is -1.97. The molecule has 0 saturated heterocycles. The molecule has 3 heteroatoms. The second kappa shape index (κ2) is 3.51. The van der Waals surface area contributed by atoms with Gasteiger partial charge in [-0.1, -0.05) is 6.92 Å². The summed E-state index contributed by atoms with van der Waals surface area (Å²) in [6.07, 6.45) is 2.97. The monoisotopic (exact) mass is 154 g/mol. The van der Waals surface area contributed by atoms with Crippen molar-refractivity contribution in [2.24, 2.45) is 11.0 Å². The average Bonchev–Trinajstić information content (AvgIpc) is 2.81.